The average molecular weight is 235 g/mol. The highest BCUT2D eigenvalue weighted by Gasteiger charge is 2.11. The van der Waals surface area contributed by atoms with E-state index < -0.39 is 0 Å². The van der Waals surface area contributed by atoms with Gasteiger partial charge in [-0.1, -0.05) is 6.08 Å². The second-order valence-electron chi connectivity index (χ2n) is 3.46. The van der Waals surface area contributed by atoms with Gasteiger partial charge in [-0.25, -0.2) is 0 Å². The monoisotopic (exact) mass is 235 g/mol. The van der Waals surface area contributed by atoms with Crippen LogP contribution < -0.4 is 0 Å². The lowest BCUT2D eigenvalue weighted by atomic mass is 10.3. The lowest BCUT2D eigenvalue weighted by Crippen LogP contribution is -2.31. The van der Waals surface area contributed by atoms with Gasteiger partial charge in [-0.05, 0) is 6.92 Å². The third kappa shape index (κ3) is 5.21. The summed E-state index contributed by atoms with van der Waals surface area (Å²) < 4.78 is 4.91. The number of nitrogens with zero attached hydrogens (tertiary/aromatic N) is 3. The number of hydrogen-bond acceptors (Lipinski definition) is 5. The second-order valence-corrected chi connectivity index (χ2v) is 3.46. The van der Waals surface area contributed by atoms with Crippen LogP contribution in [-0.2, 0) is 16.1 Å². The minimum atomic E-state index is -0.238. The molecule has 0 bridgehead atoms. The van der Waals surface area contributed by atoms with Crippen LogP contribution in [0.5, 0.6) is 0 Å². The van der Waals surface area contributed by atoms with Gasteiger partial charge in [0.1, 0.15) is 0 Å². The normalized spacial score (nSPS) is 10.2. The van der Waals surface area contributed by atoms with Gasteiger partial charge < -0.3 is 4.74 Å². The number of rotatable bonds is 7. The molecule has 1 aromatic heterocycles. The lowest BCUT2D eigenvalue weighted by Gasteiger charge is -2.18. The van der Waals surface area contributed by atoms with Crippen LogP contribution in [0.4, 0.5) is 0 Å². The molecule has 0 N–H and O–H groups in total. The van der Waals surface area contributed by atoms with Crippen LogP contribution in [0.2, 0.25) is 0 Å². The van der Waals surface area contributed by atoms with E-state index in [0.717, 1.165) is 5.69 Å². The first-order chi connectivity index (χ1) is 8.26. The van der Waals surface area contributed by atoms with Gasteiger partial charge in [0, 0.05) is 31.7 Å². The topological polar surface area (TPSA) is 55.3 Å². The number of ether oxygens (including phenoxy) is 1. The highest BCUT2D eigenvalue weighted by atomic mass is 16.5. The Labute approximate surface area is 101 Å². The van der Waals surface area contributed by atoms with Gasteiger partial charge in [0.05, 0.1) is 18.8 Å². The maximum Gasteiger partial charge on any atom is 0.320 e. The molecule has 5 heteroatoms. The zero-order chi connectivity index (χ0) is 12.5. The number of aromatic nitrogens is 2. The van der Waals surface area contributed by atoms with Crippen molar-refractivity contribution in [3.8, 4) is 0 Å². The number of hydrogen-bond donors (Lipinski definition) is 0. The van der Waals surface area contributed by atoms with Crippen LogP contribution in [0.3, 0.4) is 0 Å². The molecule has 0 amide bonds. The summed E-state index contributed by atoms with van der Waals surface area (Å²) in [4.78, 5) is 21.4. The molecular weight excluding hydrogens is 218 g/mol. The van der Waals surface area contributed by atoms with E-state index in [1.807, 2.05) is 4.90 Å². The Morgan fingerprint density at radius 3 is 3.00 bits per heavy atom. The Morgan fingerprint density at radius 2 is 2.41 bits per heavy atom. The van der Waals surface area contributed by atoms with Crippen LogP contribution in [0.1, 0.15) is 12.6 Å². The Bertz CT molecular complexity index is 354. The van der Waals surface area contributed by atoms with Gasteiger partial charge in [0.15, 0.2) is 0 Å². The zero-order valence-electron chi connectivity index (χ0n) is 10.0. The number of esters is 1. The first-order valence-electron chi connectivity index (χ1n) is 5.50. The zero-order valence-corrected chi connectivity index (χ0v) is 10.0. The average Bonchev–Trinajstić information content (AvgIpc) is 2.31. The molecule has 0 aliphatic heterocycles. The Morgan fingerprint density at radius 1 is 1.59 bits per heavy atom. The number of carbonyl (C=O) groups is 1. The summed E-state index contributed by atoms with van der Waals surface area (Å²) in [6.45, 7) is 7.24. The van der Waals surface area contributed by atoms with E-state index in [4.69, 9.17) is 4.74 Å². The fraction of sp³-hybridized carbons (Fsp3) is 0.417. The van der Waals surface area contributed by atoms with Crippen molar-refractivity contribution in [2.45, 2.75) is 13.5 Å². The predicted molar refractivity (Wildman–Crippen MR) is 64.1 cm³/mol. The first-order valence-corrected chi connectivity index (χ1v) is 5.50. The fourth-order valence-corrected chi connectivity index (χ4v) is 1.40. The molecule has 0 aliphatic carbocycles. The molecule has 0 spiro atoms. The van der Waals surface area contributed by atoms with E-state index in [1.54, 1.807) is 31.6 Å². The molecule has 0 atom stereocenters. The van der Waals surface area contributed by atoms with E-state index in [1.165, 1.54) is 0 Å². The van der Waals surface area contributed by atoms with Crippen molar-refractivity contribution in [3.05, 3.63) is 36.9 Å². The maximum absolute atomic E-state index is 11.4. The van der Waals surface area contributed by atoms with Crippen LogP contribution >= 0.6 is 0 Å². The largest absolute Gasteiger partial charge is 0.465 e. The third-order valence-corrected chi connectivity index (χ3v) is 2.05. The van der Waals surface area contributed by atoms with Gasteiger partial charge in [-0.2, -0.15) is 0 Å². The van der Waals surface area contributed by atoms with E-state index in [2.05, 4.69) is 16.5 Å². The van der Waals surface area contributed by atoms with Crippen LogP contribution in [0.15, 0.2) is 31.2 Å². The molecular formula is C12H17N3O2. The van der Waals surface area contributed by atoms with Crippen molar-refractivity contribution in [2.24, 2.45) is 0 Å². The lowest BCUT2D eigenvalue weighted by molar-refractivity contribution is -0.144. The van der Waals surface area contributed by atoms with Gasteiger partial charge in [0.25, 0.3) is 0 Å². The summed E-state index contributed by atoms with van der Waals surface area (Å²) in [7, 11) is 0. The van der Waals surface area contributed by atoms with Gasteiger partial charge in [-0.3, -0.25) is 19.7 Å². The Kier molecular flexibility index (Phi) is 5.88. The molecule has 0 saturated heterocycles. The molecule has 0 aromatic carbocycles. The minimum Gasteiger partial charge on any atom is -0.465 e. The Hall–Kier alpha value is -1.75. The molecule has 0 radical (unpaired) electrons. The molecule has 0 aliphatic rings. The van der Waals surface area contributed by atoms with Gasteiger partial charge in [-0.15, -0.1) is 6.58 Å². The maximum atomic E-state index is 11.4. The quantitative estimate of drug-likeness (QED) is 0.522. The summed E-state index contributed by atoms with van der Waals surface area (Å²) in [6.07, 6.45) is 6.68. The van der Waals surface area contributed by atoms with Gasteiger partial charge in [0.2, 0.25) is 0 Å². The molecule has 0 fully saturated rings. The molecule has 92 valence electrons. The van der Waals surface area contributed by atoms with E-state index >= 15 is 0 Å². The predicted octanol–water partition coefficient (Wildman–Crippen LogP) is 1.03. The third-order valence-electron chi connectivity index (χ3n) is 2.05. The molecule has 1 aromatic rings. The molecule has 0 saturated carbocycles. The fourth-order valence-electron chi connectivity index (χ4n) is 1.40. The van der Waals surface area contributed by atoms with Crippen molar-refractivity contribution in [1.82, 2.24) is 14.9 Å². The summed E-state index contributed by atoms with van der Waals surface area (Å²) in [6, 6.07) is 0. The van der Waals surface area contributed by atoms with Crippen molar-refractivity contribution in [2.75, 3.05) is 19.7 Å². The van der Waals surface area contributed by atoms with E-state index in [0.29, 0.717) is 19.7 Å². The molecule has 1 heterocycles. The second kappa shape index (κ2) is 7.51. The number of carbonyl (C=O) groups excluding carboxylic acids is 1. The SMILES string of the molecule is C=CCN(CC(=O)OCC)Cc1cnccn1. The summed E-state index contributed by atoms with van der Waals surface area (Å²) in [5, 5.41) is 0. The molecule has 5 nitrogen and oxygen atoms in total. The smallest absolute Gasteiger partial charge is 0.320 e. The van der Waals surface area contributed by atoms with Crippen LogP contribution in [0.25, 0.3) is 0 Å². The van der Waals surface area contributed by atoms with Crippen molar-refractivity contribution in [3.63, 3.8) is 0 Å². The molecule has 17 heavy (non-hydrogen) atoms. The van der Waals surface area contributed by atoms with Crippen LogP contribution in [0, 0.1) is 0 Å². The standard InChI is InChI=1S/C12H17N3O2/c1-3-7-15(10-12(16)17-4-2)9-11-8-13-5-6-14-11/h3,5-6,8H,1,4,7,9-10H2,2H3. The molecule has 0 unspecified atom stereocenters. The summed E-state index contributed by atoms with van der Waals surface area (Å²) >= 11 is 0. The summed E-state index contributed by atoms with van der Waals surface area (Å²) in [5.41, 5.74) is 0.818. The highest BCUT2D eigenvalue weighted by molar-refractivity contribution is 5.71. The Balaban J connectivity index is 2.54. The van der Waals surface area contributed by atoms with Crippen LogP contribution in [-0.4, -0.2) is 40.5 Å². The molecule has 1 rings (SSSR count). The first kappa shape index (κ1) is 13.3. The van der Waals surface area contributed by atoms with E-state index in [9.17, 15) is 4.79 Å². The van der Waals surface area contributed by atoms with Crippen molar-refractivity contribution >= 4 is 5.97 Å². The van der Waals surface area contributed by atoms with Crippen molar-refractivity contribution < 1.29 is 9.53 Å². The summed E-state index contributed by atoms with van der Waals surface area (Å²) in [5.74, 6) is -0.238. The van der Waals surface area contributed by atoms with Crippen molar-refractivity contribution in [1.29, 1.82) is 0 Å². The minimum absolute atomic E-state index is 0.233. The van der Waals surface area contributed by atoms with E-state index in [-0.39, 0.29) is 12.5 Å². The highest BCUT2D eigenvalue weighted by Crippen LogP contribution is 2.00. The van der Waals surface area contributed by atoms with Gasteiger partial charge >= 0.3 is 5.97 Å².